The summed E-state index contributed by atoms with van der Waals surface area (Å²) in [6.07, 6.45) is 3.67. The third-order valence-corrected chi connectivity index (χ3v) is 5.13. The highest BCUT2D eigenvalue weighted by atomic mass is 16.6. The molecule has 1 heterocycles. The highest BCUT2D eigenvalue weighted by Gasteiger charge is 2.17. The van der Waals surface area contributed by atoms with E-state index in [9.17, 15) is 10.1 Å². The Bertz CT molecular complexity index is 986. The molecule has 3 rings (SSSR count). The summed E-state index contributed by atoms with van der Waals surface area (Å²) in [6.45, 7) is 6.47. The molecule has 152 valence electrons. The van der Waals surface area contributed by atoms with Crippen LogP contribution in [0.15, 0.2) is 54.9 Å². The number of benzene rings is 2. The highest BCUT2D eigenvalue weighted by molar-refractivity contribution is 5.43. The van der Waals surface area contributed by atoms with Crippen LogP contribution in [-0.4, -0.2) is 21.8 Å². The van der Waals surface area contributed by atoms with Gasteiger partial charge in [-0.3, -0.25) is 14.8 Å². The molecule has 7 heteroatoms. The van der Waals surface area contributed by atoms with Crippen molar-refractivity contribution in [1.82, 2.24) is 15.1 Å². The lowest BCUT2D eigenvalue weighted by atomic mass is 10.0. The van der Waals surface area contributed by atoms with Crippen LogP contribution in [0.2, 0.25) is 0 Å². The summed E-state index contributed by atoms with van der Waals surface area (Å²) < 4.78 is 7.36. The maximum absolute atomic E-state index is 11.2. The number of nitro benzene ring substituents is 1. The molecule has 29 heavy (non-hydrogen) atoms. The molecule has 2 atom stereocenters. The third kappa shape index (κ3) is 4.81. The average Bonchev–Trinajstić information content (AvgIpc) is 3.21. The van der Waals surface area contributed by atoms with Crippen LogP contribution in [0.4, 0.5) is 5.69 Å². The number of nitrogens with one attached hydrogen (secondary N) is 1. The topological polar surface area (TPSA) is 82.2 Å². The monoisotopic (exact) mass is 394 g/mol. The minimum absolute atomic E-state index is 0.0408. The van der Waals surface area contributed by atoms with E-state index in [0.717, 1.165) is 22.4 Å². The molecule has 7 nitrogen and oxygen atoms in total. The molecule has 0 radical (unpaired) electrons. The molecule has 0 aliphatic heterocycles. The lowest BCUT2D eigenvalue weighted by molar-refractivity contribution is -0.385. The molecule has 3 aromatic rings. The van der Waals surface area contributed by atoms with Gasteiger partial charge in [0.05, 0.1) is 18.6 Å². The standard InChI is InChI=1S/C22H26N4O3/c1-15-6-7-19(13-21(15)26(27)28)17(3)24-16(2)18-8-9-22(29-4)20(12-18)14-25-11-5-10-23-25/h5-13,16-17,24H,14H2,1-4H3/t16-,17-/m1/s1. The summed E-state index contributed by atoms with van der Waals surface area (Å²) in [6, 6.07) is 13.4. The lowest BCUT2D eigenvalue weighted by Crippen LogP contribution is -2.23. The van der Waals surface area contributed by atoms with E-state index in [4.69, 9.17) is 4.74 Å². The number of methoxy groups -OCH3 is 1. The minimum Gasteiger partial charge on any atom is -0.496 e. The first-order valence-electron chi connectivity index (χ1n) is 9.54. The second-order valence-corrected chi connectivity index (χ2v) is 7.19. The number of nitro groups is 1. The molecule has 0 saturated heterocycles. The second kappa shape index (κ2) is 8.87. The molecule has 1 aromatic heterocycles. The van der Waals surface area contributed by atoms with Crippen molar-refractivity contribution in [3.05, 3.63) is 87.2 Å². The summed E-state index contributed by atoms with van der Waals surface area (Å²) in [5.74, 6) is 0.818. The Morgan fingerprint density at radius 1 is 1.17 bits per heavy atom. The van der Waals surface area contributed by atoms with E-state index < -0.39 is 0 Å². The van der Waals surface area contributed by atoms with Crippen molar-refractivity contribution < 1.29 is 9.66 Å². The quantitative estimate of drug-likeness (QED) is 0.447. The Morgan fingerprint density at radius 3 is 2.48 bits per heavy atom. The van der Waals surface area contributed by atoms with Crippen molar-refractivity contribution in [2.24, 2.45) is 0 Å². The van der Waals surface area contributed by atoms with E-state index >= 15 is 0 Å². The summed E-state index contributed by atoms with van der Waals surface area (Å²) >= 11 is 0. The van der Waals surface area contributed by atoms with Gasteiger partial charge in [0.25, 0.3) is 5.69 Å². The van der Waals surface area contributed by atoms with Gasteiger partial charge >= 0.3 is 0 Å². The second-order valence-electron chi connectivity index (χ2n) is 7.19. The fourth-order valence-electron chi connectivity index (χ4n) is 3.42. The molecule has 0 fully saturated rings. The van der Waals surface area contributed by atoms with Gasteiger partial charge in [-0.25, -0.2) is 0 Å². The van der Waals surface area contributed by atoms with E-state index in [0.29, 0.717) is 12.1 Å². The van der Waals surface area contributed by atoms with Gasteiger partial charge in [-0.15, -0.1) is 0 Å². The summed E-state index contributed by atoms with van der Waals surface area (Å²) in [5, 5.41) is 19.0. The minimum atomic E-state index is -0.333. The number of hydrogen-bond acceptors (Lipinski definition) is 5. The summed E-state index contributed by atoms with van der Waals surface area (Å²) in [4.78, 5) is 10.9. The maximum atomic E-state index is 11.2. The first kappa shape index (κ1) is 20.5. The van der Waals surface area contributed by atoms with E-state index in [1.54, 1.807) is 32.4 Å². The SMILES string of the molecule is COc1ccc([C@@H](C)N[C@H](C)c2ccc(C)c([N+](=O)[O-])c2)cc1Cn1cccn1. The largest absolute Gasteiger partial charge is 0.496 e. The molecule has 0 aliphatic rings. The van der Waals surface area contributed by atoms with Crippen LogP contribution in [0.5, 0.6) is 5.75 Å². The fourth-order valence-corrected chi connectivity index (χ4v) is 3.42. The van der Waals surface area contributed by atoms with Gasteiger partial charge in [0.15, 0.2) is 0 Å². The van der Waals surface area contributed by atoms with Crippen molar-refractivity contribution in [3.63, 3.8) is 0 Å². The van der Waals surface area contributed by atoms with E-state index in [1.165, 1.54) is 0 Å². The van der Waals surface area contributed by atoms with Crippen LogP contribution in [0.25, 0.3) is 0 Å². The molecule has 0 amide bonds. The van der Waals surface area contributed by atoms with Gasteiger partial charge in [-0.05, 0) is 50.1 Å². The number of aryl methyl sites for hydroxylation is 1. The van der Waals surface area contributed by atoms with Gasteiger partial charge in [0.1, 0.15) is 5.75 Å². The predicted molar refractivity (Wildman–Crippen MR) is 112 cm³/mol. The number of ether oxygens (including phenoxy) is 1. The van der Waals surface area contributed by atoms with Crippen molar-refractivity contribution in [1.29, 1.82) is 0 Å². The number of hydrogen-bond donors (Lipinski definition) is 1. The average molecular weight is 394 g/mol. The van der Waals surface area contributed by atoms with Crippen molar-refractivity contribution >= 4 is 5.69 Å². The Morgan fingerprint density at radius 2 is 1.86 bits per heavy atom. The van der Waals surface area contributed by atoms with Crippen molar-refractivity contribution in [2.75, 3.05) is 7.11 Å². The van der Waals surface area contributed by atoms with Gasteiger partial charge in [0.2, 0.25) is 0 Å². The van der Waals surface area contributed by atoms with Crippen molar-refractivity contribution in [3.8, 4) is 5.75 Å². The van der Waals surface area contributed by atoms with Crippen LogP contribution >= 0.6 is 0 Å². The predicted octanol–water partition coefficient (Wildman–Crippen LogP) is 4.57. The molecule has 2 aromatic carbocycles. The van der Waals surface area contributed by atoms with Crippen LogP contribution in [0, 0.1) is 17.0 Å². The molecule has 0 bridgehead atoms. The fraction of sp³-hybridized carbons (Fsp3) is 0.318. The van der Waals surface area contributed by atoms with E-state index in [2.05, 4.69) is 23.4 Å². The molecule has 0 spiro atoms. The van der Waals surface area contributed by atoms with Gasteiger partial charge in [0, 0.05) is 41.7 Å². The van der Waals surface area contributed by atoms with E-state index in [1.807, 2.05) is 42.1 Å². The normalized spacial score (nSPS) is 13.1. The van der Waals surface area contributed by atoms with Crippen LogP contribution in [0.3, 0.4) is 0 Å². The van der Waals surface area contributed by atoms with Crippen LogP contribution < -0.4 is 10.1 Å². The molecular formula is C22H26N4O3. The lowest BCUT2D eigenvalue weighted by Gasteiger charge is -2.22. The molecule has 0 saturated carbocycles. The van der Waals surface area contributed by atoms with Gasteiger partial charge in [-0.1, -0.05) is 18.2 Å². The molecular weight excluding hydrogens is 368 g/mol. The summed E-state index contributed by atoms with van der Waals surface area (Å²) in [5.41, 5.74) is 3.86. The molecule has 1 N–H and O–H groups in total. The number of rotatable bonds is 8. The van der Waals surface area contributed by atoms with Crippen LogP contribution in [0.1, 0.15) is 48.2 Å². The van der Waals surface area contributed by atoms with E-state index in [-0.39, 0.29) is 22.7 Å². The maximum Gasteiger partial charge on any atom is 0.272 e. The first-order chi connectivity index (χ1) is 13.9. The number of aromatic nitrogens is 2. The third-order valence-electron chi connectivity index (χ3n) is 5.13. The smallest absolute Gasteiger partial charge is 0.272 e. The zero-order valence-corrected chi connectivity index (χ0v) is 17.1. The Kier molecular flexibility index (Phi) is 6.29. The van der Waals surface area contributed by atoms with Crippen molar-refractivity contribution in [2.45, 2.75) is 39.4 Å². The zero-order chi connectivity index (χ0) is 21.0. The summed E-state index contributed by atoms with van der Waals surface area (Å²) in [7, 11) is 1.66. The van der Waals surface area contributed by atoms with Gasteiger partial charge < -0.3 is 10.1 Å². The Balaban J connectivity index is 1.78. The van der Waals surface area contributed by atoms with Gasteiger partial charge in [-0.2, -0.15) is 5.10 Å². The Hall–Kier alpha value is -3.19. The zero-order valence-electron chi connectivity index (χ0n) is 17.1. The van der Waals surface area contributed by atoms with Crippen LogP contribution in [-0.2, 0) is 6.54 Å². The molecule has 0 unspecified atom stereocenters. The molecule has 0 aliphatic carbocycles. The first-order valence-corrected chi connectivity index (χ1v) is 9.54. The highest BCUT2D eigenvalue weighted by Crippen LogP contribution is 2.28. The Labute approximate surface area is 170 Å². The number of nitrogens with zero attached hydrogens (tertiary/aromatic N) is 3.